The molecule has 1 heterocycles. The van der Waals surface area contributed by atoms with Crippen molar-refractivity contribution in [2.45, 2.75) is 32.4 Å². The first-order valence-electron chi connectivity index (χ1n) is 10.2. The lowest BCUT2D eigenvalue weighted by Crippen LogP contribution is -2.39. The van der Waals surface area contributed by atoms with E-state index in [2.05, 4.69) is 10.2 Å². The van der Waals surface area contributed by atoms with Gasteiger partial charge in [0.25, 0.3) is 0 Å². The van der Waals surface area contributed by atoms with E-state index in [0.29, 0.717) is 24.8 Å². The van der Waals surface area contributed by atoms with Crippen LogP contribution in [0, 0.1) is 0 Å². The number of thiocarbonyl (C=S) groups is 1. The van der Waals surface area contributed by atoms with Crippen molar-refractivity contribution in [3.63, 3.8) is 0 Å². The molecule has 6 nitrogen and oxygen atoms in total. The van der Waals surface area contributed by atoms with Crippen LogP contribution in [0.4, 0.5) is 5.69 Å². The van der Waals surface area contributed by atoms with Gasteiger partial charge in [-0.1, -0.05) is 12.1 Å². The van der Waals surface area contributed by atoms with Gasteiger partial charge >= 0.3 is 0 Å². The number of nitrogens with zero attached hydrogens (tertiary/aromatic N) is 1. The van der Waals surface area contributed by atoms with Gasteiger partial charge in [0.2, 0.25) is 0 Å². The third-order valence-electron chi connectivity index (χ3n) is 5.01. The number of ether oxygens (including phenoxy) is 4. The zero-order valence-electron chi connectivity index (χ0n) is 17.8. The number of hydrogen-bond acceptors (Lipinski definition) is 5. The summed E-state index contributed by atoms with van der Waals surface area (Å²) in [5, 5.41) is 3.97. The lowest BCUT2D eigenvalue weighted by atomic mass is 10.1. The van der Waals surface area contributed by atoms with Crippen molar-refractivity contribution in [2.75, 3.05) is 39.3 Å². The zero-order chi connectivity index (χ0) is 21.3. The average molecular weight is 431 g/mol. The highest BCUT2D eigenvalue weighted by Crippen LogP contribution is 2.28. The van der Waals surface area contributed by atoms with E-state index >= 15 is 0 Å². The van der Waals surface area contributed by atoms with E-state index in [1.165, 1.54) is 0 Å². The van der Waals surface area contributed by atoms with Crippen LogP contribution in [0.2, 0.25) is 0 Å². The maximum Gasteiger partial charge on any atom is 0.173 e. The van der Waals surface area contributed by atoms with Crippen molar-refractivity contribution in [3.8, 4) is 17.2 Å². The summed E-state index contributed by atoms with van der Waals surface area (Å²) in [6.07, 6.45) is 2.27. The minimum absolute atomic E-state index is 0.156. The average Bonchev–Trinajstić information content (AvgIpc) is 3.28. The Kier molecular flexibility index (Phi) is 8.16. The summed E-state index contributed by atoms with van der Waals surface area (Å²) in [7, 11) is 3.33. The highest BCUT2D eigenvalue weighted by molar-refractivity contribution is 7.80. The predicted molar refractivity (Wildman–Crippen MR) is 123 cm³/mol. The summed E-state index contributed by atoms with van der Waals surface area (Å²) >= 11 is 5.81. The van der Waals surface area contributed by atoms with Crippen molar-refractivity contribution >= 4 is 23.0 Å². The molecule has 3 rings (SSSR count). The molecular formula is C23H30N2O4S. The highest BCUT2D eigenvalue weighted by atomic mass is 32.1. The van der Waals surface area contributed by atoms with E-state index < -0.39 is 0 Å². The molecule has 0 saturated carbocycles. The largest absolute Gasteiger partial charge is 0.497 e. The molecule has 0 amide bonds. The van der Waals surface area contributed by atoms with Gasteiger partial charge in [-0.15, -0.1) is 0 Å². The van der Waals surface area contributed by atoms with Crippen LogP contribution in [-0.4, -0.2) is 50.1 Å². The van der Waals surface area contributed by atoms with Crippen molar-refractivity contribution in [1.29, 1.82) is 0 Å². The first-order valence-corrected chi connectivity index (χ1v) is 10.7. The second-order valence-corrected chi connectivity index (χ2v) is 7.44. The van der Waals surface area contributed by atoms with Gasteiger partial charge in [-0.05, 0) is 62.3 Å². The Hall–Kier alpha value is -2.51. The molecule has 1 aliphatic rings. The number of para-hydroxylation sites is 2. The molecule has 1 unspecified atom stereocenters. The quantitative estimate of drug-likeness (QED) is 0.589. The Morgan fingerprint density at radius 3 is 2.70 bits per heavy atom. The molecule has 1 saturated heterocycles. The monoisotopic (exact) mass is 430 g/mol. The Morgan fingerprint density at radius 2 is 2.00 bits per heavy atom. The summed E-state index contributed by atoms with van der Waals surface area (Å²) in [5.74, 6) is 2.35. The molecule has 0 spiro atoms. The van der Waals surface area contributed by atoms with Gasteiger partial charge in [-0.25, -0.2) is 0 Å². The van der Waals surface area contributed by atoms with Crippen LogP contribution in [-0.2, 0) is 11.3 Å². The normalized spacial score (nSPS) is 15.5. The Bertz CT molecular complexity index is 840. The number of nitrogens with one attached hydrogen (secondary N) is 1. The topological polar surface area (TPSA) is 52.2 Å². The van der Waals surface area contributed by atoms with Crippen molar-refractivity contribution < 1.29 is 18.9 Å². The minimum atomic E-state index is 0.156. The van der Waals surface area contributed by atoms with Gasteiger partial charge < -0.3 is 29.2 Å². The Morgan fingerprint density at radius 1 is 1.17 bits per heavy atom. The number of hydrogen-bond donors (Lipinski definition) is 1. The van der Waals surface area contributed by atoms with Gasteiger partial charge in [0.1, 0.15) is 17.2 Å². The van der Waals surface area contributed by atoms with Crippen molar-refractivity contribution in [1.82, 2.24) is 4.90 Å². The summed E-state index contributed by atoms with van der Waals surface area (Å²) in [4.78, 5) is 2.12. The molecule has 7 heteroatoms. The summed E-state index contributed by atoms with van der Waals surface area (Å²) in [6.45, 7) is 4.63. The van der Waals surface area contributed by atoms with Crippen LogP contribution in [0.25, 0.3) is 0 Å². The second-order valence-electron chi connectivity index (χ2n) is 7.05. The van der Waals surface area contributed by atoms with Gasteiger partial charge in [0.15, 0.2) is 5.11 Å². The summed E-state index contributed by atoms with van der Waals surface area (Å²) in [5.41, 5.74) is 1.84. The standard InChI is InChI=1S/C23H30N2O4S/c1-4-28-22-10-6-5-9-20(22)24-23(30)25(16-19-8-7-13-29-19)15-17-14-18(26-2)11-12-21(17)27-3/h5-6,9-12,14,19H,4,7-8,13,15-16H2,1-3H3,(H,24,30). The van der Waals surface area contributed by atoms with E-state index in [9.17, 15) is 0 Å². The first kappa shape index (κ1) is 22.2. The van der Waals surface area contributed by atoms with Crippen LogP contribution in [0.3, 0.4) is 0 Å². The van der Waals surface area contributed by atoms with Crippen LogP contribution < -0.4 is 19.5 Å². The summed E-state index contributed by atoms with van der Waals surface area (Å²) in [6, 6.07) is 13.6. The van der Waals surface area contributed by atoms with Gasteiger partial charge in [0.05, 0.1) is 32.6 Å². The molecule has 2 aromatic carbocycles. The van der Waals surface area contributed by atoms with Crippen molar-refractivity contribution in [3.05, 3.63) is 48.0 Å². The van der Waals surface area contributed by atoms with Gasteiger partial charge in [-0.3, -0.25) is 0 Å². The molecule has 0 aromatic heterocycles. The van der Waals surface area contributed by atoms with Crippen molar-refractivity contribution in [2.24, 2.45) is 0 Å². The van der Waals surface area contributed by atoms with E-state index in [1.807, 2.05) is 49.4 Å². The lowest BCUT2D eigenvalue weighted by molar-refractivity contribution is 0.0903. The molecule has 1 N–H and O–H groups in total. The minimum Gasteiger partial charge on any atom is -0.497 e. The molecule has 0 radical (unpaired) electrons. The number of rotatable bonds is 9. The lowest BCUT2D eigenvalue weighted by Gasteiger charge is -2.29. The first-order chi connectivity index (χ1) is 14.6. The molecule has 1 aliphatic heterocycles. The van der Waals surface area contributed by atoms with Crippen LogP contribution >= 0.6 is 12.2 Å². The molecule has 162 valence electrons. The van der Waals surface area contributed by atoms with Gasteiger partial charge in [-0.2, -0.15) is 0 Å². The fraction of sp³-hybridized carbons (Fsp3) is 0.435. The summed E-state index contributed by atoms with van der Waals surface area (Å²) < 4.78 is 22.6. The highest BCUT2D eigenvalue weighted by Gasteiger charge is 2.23. The van der Waals surface area contributed by atoms with Crippen LogP contribution in [0.1, 0.15) is 25.3 Å². The number of methoxy groups -OCH3 is 2. The van der Waals surface area contributed by atoms with Crippen LogP contribution in [0.15, 0.2) is 42.5 Å². The van der Waals surface area contributed by atoms with Gasteiger partial charge in [0, 0.05) is 25.3 Å². The fourth-order valence-corrected chi connectivity index (χ4v) is 3.76. The number of benzene rings is 2. The third kappa shape index (κ3) is 5.77. The smallest absolute Gasteiger partial charge is 0.173 e. The van der Waals surface area contributed by atoms with E-state index in [0.717, 1.165) is 47.9 Å². The zero-order valence-corrected chi connectivity index (χ0v) is 18.7. The van der Waals surface area contributed by atoms with Crippen LogP contribution in [0.5, 0.6) is 17.2 Å². The molecule has 30 heavy (non-hydrogen) atoms. The third-order valence-corrected chi connectivity index (χ3v) is 5.37. The Balaban J connectivity index is 1.83. The maximum absolute atomic E-state index is 5.88. The fourth-order valence-electron chi connectivity index (χ4n) is 3.51. The maximum atomic E-state index is 5.88. The molecular weight excluding hydrogens is 400 g/mol. The second kappa shape index (κ2) is 11.0. The molecule has 0 aliphatic carbocycles. The van der Waals surface area contributed by atoms with E-state index in [4.69, 9.17) is 31.2 Å². The Labute approximate surface area is 184 Å². The van der Waals surface area contributed by atoms with E-state index in [-0.39, 0.29) is 6.10 Å². The number of anilines is 1. The molecule has 1 atom stereocenters. The molecule has 0 bridgehead atoms. The molecule has 2 aromatic rings. The predicted octanol–water partition coefficient (Wildman–Crippen LogP) is 4.48. The molecule has 1 fully saturated rings. The van der Waals surface area contributed by atoms with E-state index in [1.54, 1.807) is 14.2 Å². The SMILES string of the molecule is CCOc1ccccc1NC(=S)N(Cc1cc(OC)ccc1OC)CC1CCCO1.